The highest BCUT2D eigenvalue weighted by atomic mass is 127. The van der Waals surface area contributed by atoms with Gasteiger partial charge in [0.1, 0.15) is 5.75 Å². The smallest absolute Gasteiger partial charge is 0.133 e. The predicted molar refractivity (Wildman–Crippen MR) is 93.4 cm³/mol. The Morgan fingerprint density at radius 1 is 1.21 bits per heavy atom. The first-order valence-electron chi connectivity index (χ1n) is 6.79. The molecule has 0 bridgehead atoms. The average Bonchev–Trinajstić information content (AvgIpc) is 3.21. The minimum atomic E-state index is 0.408. The molecule has 2 N–H and O–H groups in total. The molecule has 1 saturated heterocycles. The van der Waals surface area contributed by atoms with Crippen molar-refractivity contribution in [2.24, 2.45) is 5.92 Å². The lowest BCUT2D eigenvalue weighted by Crippen LogP contribution is -2.45. The number of hydrogen-bond donors (Lipinski definition) is 2. The Balaban J connectivity index is 1.95. The molecule has 0 spiro atoms. The van der Waals surface area contributed by atoms with E-state index in [1.807, 2.05) is 6.07 Å². The van der Waals surface area contributed by atoms with Gasteiger partial charge in [0.05, 0.1) is 3.57 Å². The van der Waals surface area contributed by atoms with Crippen LogP contribution in [0.15, 0.2) is 12.1 Å². The number of phenols is 1. The third-order valence-electron chi connectivity index (χ3n) is 3.99. The normalized spacial score (nSPS) is 22.4. The standard InChI is InChI=1S/C14H18I2N2O/c15-10-7-11(14(19)12(16)8-10)13(9-1-2-9)18-5-3-17-4-6-18/h7-9,13,17,19H,1-6H2/t13-/m0/s1. The van der Waals surface area contributed by atoms with E-state index in [0.717, 1.165) is 41.2 Å². The zero-order valence-electron chi connectivity index (χ0n) is 10.7. The molecule has 3 nitrogen and oxygen atoms in total. The van der Waals surface area contributed by atoms with Gasteiger partial charge in [-0.3, -0.25) is 4.90 Å². The van der Waals surface area contributed by atoms with E-state index in [1.54, 1.807) is 0 Å². The van der Waals surface area contributed by atoms with Gasteiger partial charge in [-0.1, -0.05) is 0 Å². The maximum absolute atomic E-state index is 10.4. The minimum Gasteiger partial charge on any atom is -0.506 e. The minimum absolute atomic E-state index is 0.408. The molecule has 1 saturated carbocycles. The fourth-order valence-electron chi connectivity index (χ4n) is 2.93. The largest absolute Gasteiger partial charge is 0.506 e. The van der Waals surface area contributed by atoms with Gasteiger partial charge in [0.25, 0.3) is 0 Å². The molecule has 0 amide bonds. The third kappa shape index (κ3) is 3.19. The Morgan fingerprint density at radius 2 is 1.89 bits per heavy atom. The number of benzene rings is 1. The number of hydrogen-bond acceptors (Lipinski definition) is 3. The highest BCUT2D eigenvalue weighted by molar-refractivity contribution is 14.1. The summed E-state index contributed by atoms with van der Waals surface area (Å²) in [7, 11) is 0. The van der Waals surface area contributed by atoms with E-state index >= 15 is 0 Å². The number of phenolic OH excluding ortho intramolecular Hbond substituents is 1. The second-order valence-corrected chi connectivity index (χ2v) is 7.80. The van der Waals surface area contributed by atoms with Gasteiger partial charge in [-0.25, -0.2) is 0 Å². The van der Waals surface area contributed by atoms with Crippen molar-refractivity contribution in [1.29, 1.82) is 0 Å². The second-order valence-electron chi connectivity index (χ2n) is 5.39. The Bertz CT molecular complexity index is 471. The van der Waals surface area contributed by atoms with Crippen LogP contribution in [0.2, 0.25) is 0 Å². The SMILES string of the molecule is Oc1c(I)cc(I)cc1[C@H](C1CC1)N1CCNCC1. The molecule has 1 aromatic rings. The second kappa shape index (κ2) is 6.03. The zero-order valence-corrected chi connectivity index (χ0v) is 15.0. The van der Waals surface area contributed by atoms with Crippen molar-refractivity contribution in [1.82, 2.24) is 10.2 Å². The van der Waals surface area contributed by atoms with Crippen molar-refractivity contribution in [3.8, 4) is 5.75 Å². The first kappa shape index (κ1) is 14.3. The Kier molecular flexibility index (Phi) is 4.55. The van der Waals surface area contributed by atoms with Gasteiger partial charge in [0, 0.05) is 41.4 Å². The molecule has 5 heteroatoms. The van der Waals surface area contributed by atoms with Crippen molar-refractivity contribution in [2.45, 2.75) is 18.9 Å². The number of aromatic hydroxyl groups is 1. The van der Waals surface area contributed by atoms with E-state index in [-0.39, 0.29) is 0 Å². The van der Waals surface area contributed by atoms with E-state index < -0.39 is 0 Å². The summed E-state index contributed by atoms with van der Waals surface area (Å²) in [5, 5.41) is 13.9. The number of piperazine rings is 1. The van der Waals surface area contributed by atoms with Crippen LogP contribution < -0.4 is 5.32 Å². The highest BCUT2D eigenvalue weighted by Gasteiger charge is 2.38. The van der Waals surface area contributed by atoms with Gasteiger partial charge in [-0.05, 0) is 76.1 Å². The summed E-state index contributed by atoms with van der Waals surface area (Å²) in [5.74, 6) is 1.23. The summed E-state index contributed by atoms with van der Waals surface area (Å²) in [5.41, 5.74) is 1.14. The van der Waals surface area contributed by atoms with Gasteiger partial charge < -0.3 is 10.4 Å². The van der Waals surface area contributed by atoms with E-state index in [4.69, 9.17) is 0 Å². The number of rotatable bonds is 3. The van der Waals surface area contributed by atoms with Crippen molar-refractivity contribution in [2.75, 3.05) is 26.2 Å². The van der Waals surface area contributed by atoms with Crippen molar-refractivity contribution in [3.05, 3.63) is 24.8 Å². The lowest BCUT2D eigenvalue weighted by Gasteiger charge is -2.36. The molecule has 0 radical (unpaired) electrons. The van der Waals surface area contributed by atoms with Gasteiger partial charge in [-0.15, -0.1) is 0 Å². The fourth-order valence-corrected chi connectivity index (χ4v) is 4.82. The lowest BCUT2D eigenvalue weighted by atomic mass is 9.99. The number of nitrogens with zero attached hydrogens (tertiary/aromatic N) is 1. The van der Waals surface area contributed by atoms with E-state index in [1.165, 1.54) is 16.4 Å². The molecular weight excluding hydrogens is 466 g/mol. The molecule has 1 heterocycles. The summed E-state index contributed by atoms with van der Waals surface area (Å²) in [6.45, 7) is 4.29. The van der Waals surface area contributed by atoms with Gasteiger partial charge >= 0.3 is 0 Å². The lowest BCUT2D eigenvalue weighted by molar-refractivity contribution is 0.153. The van der Waals surface area contributed by atoms with E-state index in [0.29, 0.717) is 11.8 Å². The molecule has 0 aromatic heterocycles. The van der Waals surface area contributed by atoms with Crippen molar-refractivity contribution < 1.29 is 5.11 Å². The van der Waals surface area contributed by atoms with Crippen LogP contribution in [0.25, 0.3) is 0 Å². The van der Waals surface area contributed by atoms with Crippen LogP contribution >= 0.6 is 45.2 Å². The Morgan fingerprint density at radius 3 is 2.53 bits per heavy atom. The zero-order chi connectivity index (χ0) is 13.4. The van der Waals surface area contributed by atoms with Crippen LogP contribution in [0.4, 0.5) is 0 Å². The third-order valence-corrected chi connectivity index (χ3v) is 5.43. The highest BCUT2D eigenvalue weighted by Crippen LogP contribution is 2.48. The summed E-state index contributed by atoms with van der Waals surface area (Å²) in [6.07, 6.45) is 2.60. The van der Waals surface area contributed by atoms with E-state index in [2.05, 4.69) is 61.5 Å². The first-order chi connectivity index (χ1) is 9.16. The quantitative estimate of drug-likeness (QED) is 0.649. The van der Waals surface area contributed by atoms with Crippen LogP contribution in [-0.2, 0) is 0 Å². The van der Waals surface area contributed by atoms with Crippen LogP contribution in [0, 0.1) is 13.1 Å². The monoisotopic (exact) mass is 484 g/mol. The average molecular weight is 484 g/mol. The number of nitrogens with one attached hydrogen (secondary N) is 1. The van der Waals surface area contributed by atoms with Gasteiger partial charge in [0.2, 0.25) is 0 Å². The predicted octanol–water partition coefficient (Wildman–Crippen LogP) is 2.96. The summed E-state index contributed by atoms with van der Waals surface area (Å²) < 4.78 is 2.19. The Hall–Kier alpha value is 0.400. The molecule has 1 aromatic carbocycles. The van der Waals surface area contributed by atoms with Crippen molar-refractivity contribution >= 4 is 45.2 Å². The van der Waals surface area contributed by atoms with E-state index in [9.17, 15) is 5.11 Å². The van der Waals surface area contributed by atoms with Crippen LogP contribution in [-0.4, -0.2) is 36.2 Å². The summed E-state index contributed by atoms with van der Waals surface area (Å²) in [6, 6.07) is 4.62. The first-order valence-corrected chi connectivity index (χ1v) is 8.95. The number of halogens is 2. The topological polar surface area (TPSA) is 35.5 Å². The molecule has 1 aliphatic carbocycles. The van der Waals surface area contributed by atoms with Crippen molar-refractivity contribution in [3.63, 3.8) is 0 Å². The molecule has 1 aliphatic heterocycles. The molecule has 1 atom stereocenters. The molecule has 3 rings (SSSR count). The summed E-state index contributed by atoms with van der Waals surface area (Å²) in [4.78, 5) is 2.55. The van der Waals surface area contributed by atoms with Crippen LogP contribution in [0.1, 0.15) is 24.4 Å². The maximum atomic E-state index is 10.4. The van der Waals surface area contributed by atoms with Crippen LogP contribution in [0.5, 0.6) is 5.75 Å². The molecule has 19 heavy (non-hydrogen) atoms. The fraction of sp³-hybridized carbons (Fsp3) is 0.571. The summed E-state index contributed by atoms with van der Waals surface area (Å²) >= 11 is 4.59. The van der Waals surface area contributed by atoms with Crippen LogP contribution in [0.3, 0.4) is 0 Å². The molecule has 2 aliphatic rings. The maximum Gasteiger partial charge on any atom is 0.133 e. The molecular formula is C14H18I2N2O. The molecule has 0 unspecified atom stereocenters. The molecule has 104 valence electrons. The van der Waals surface area contributed by atoms with Gasteiger partial charge in [-0.2, -0.15) is 0 Å². The Labute approximate surface area is 141 Å². The molecule has 2 fully saturated rings. The van der Waals surface area contributed by atoms with Gasteiger partial charge in [0.15, 0.2) is 0 Å².